The summed E-state index contributed by atoms with van der Waals surface area (Å²) >= 11 is 0. The molecule has 3 N–H and O–H groups in total. The van der Waals surface area contributed by atoms with Crippen molar-refractivity contribution in [2.75, 3.05) is 11.0 Å². The molecule has 4 rings (SSSR count). The number of primary amides is 1. The number of anilines is 1. The fourth-order valence-corrected chi connectivity index (χ4v) is 4.91. The minimum absolute atomic E-state index is 0.0367. The van der Waals surface area contributed by atoms with Gasteiger partial charge in [0.15, 0.2) is 0 Å². The number of nitrogens with two attached hydrogens (primary N) is 1. The van der Waals surface area contributed by atoms with Gasteiger partial charge in [0.1, 0.15) is 5.82 Å². The predicted octanol–water partition coefficient (Wildman–Crippen LogP) is 2.31. The molecule has 1 aliphatic carbocycles. The first-order valence-electron chi connectivity index (χ1n) is 9.98. The molecular formula is C20H23N7O3S. The van der Waals surface area contributed by atoms with E-state index in [1.807, 2.05) is 6.20 Å². The van der Waals surface area contributed by atoms with Crippen molar-refractivity contribution in [3.05, 3.63) is 36.3 Å². The second kappa shape index (κ2) is 8.03. The highest BCUT2D eigenvalue weighted by molar-refractivity contribution is 7.92. The van der Waals surface area contributed by atoms with Crippen molar-refractivity contribution in [1.29, 1.82) is 5.26 Å². The molecule has 3 aromatic heterocycles. The Kier molecular flexibility index (Phi) is 5.41. The van der Waals surface area contributed by atoms with Crippen LogP contribution in [0.4, 0.5) is 5.82 Å². The molecule has 0 radical (unpaired) electrons. The van der Waals surface area contributed by atoms with Crippen LogP contribution in [0.1, 0.15) is 48.5 Å². The average Bonchev–Trinajstić information content (AvgIpc) is 3.45. The van der Waals surface area contributed by atoms with Gasteiger partial charge in [-0.2, -0.15) is 15.5 Å². The Hall–Kier alpha value is -3.39. The normalized spacial score (nSPS) is 15.7. The molecule has 162 valence electrons. The molecule has 1 aliphatic rings. The summed E-state index contributed by atoms with van der Waals surface area (Å²) < 4.78 is 29.0. The van der Waals surface area contributed by atoms with Crippen LogP contribution in [-0.4, -0.2) is 40.0 Å². The van der Waals surface area contributed by atoms with Crippen molar-refractivity contribution >= 4 is 27.3 Å². The second-order valence-electron chi connectivity index (χ2n) is 7.87. The number of fused-ring (bicyclic) bond motifs is 1. The first kappa shape index (κ1) is 20.9. The van der Waals surface area contributed by atoms with Gasteiger partial charge in [0.05, 0.1) is 48.3 Å². The number of hydrogen-bond donors (Lipinski definition) is 2. The van der Waals surface area contributed by atoms with Crippen molar-refractivity contribution < 1.29 is 13.2 Å². The number of nitrogens with one attached hydrogen (secondary N) is 1. The minimum Gasteiger partial charge on any atom is -0.366 e. The van der Waals surface area contributed by atoms with E-state index in [0.29, 0.717) is 29.0 Å². The number of hydrogen-bond acceptors (Lipinski definition) is 6. The summed E-state index contributed by atoms with van der Waals surface area (Å²) in [6.45, 7) is 0. The quantitative estimate of drug-likeness (QED) is 0.575. The van der Waals surface area contributed by atoms with E-state index >= 15 is 0 Å². The lowest BCUT2D eigenvalue weighted by molar-refractivity contribution is 0.100. The number of sulfonamides is 1. The third-order valence-electron chi connectivity index (χ3n) is 5.71. The Labute approximate surface area is 179 Å². The van der Waals surface area contributed by atoms with E-state index in [2.05, 4.69) is 21.0 Å². The SMILES string of the molecule is CS(=O)(=O)Nc1ccc2c(-c3cnn(C(CC#N)C4CCCC4)c3)c(C(N)=O)cnn12. The lowest BCUT2D eigenvalue weighted by Gasteiger charge is -2.21. The van der Waals surface area contributed by atoms with Crippen molar-refractivity contribution in [3.8, 4) is 17.2 Å². The van der Waals surface area contributed by atoms with Crippen molar-refractivity contribution in [2.24, 2.45) is 11.7 Å². The van der Waals surface area contributed by atoms with E-state index in [4.69, 9.17) is 5.73 Å². The van der Waals surface area contributed by atoms with Gasteiger partial charge >= 0.3 is 0 Å². The molecule has 1 atom stereocenters. The van der Waals surface area contributed by atoms with Gasteiger partial charge in [-0.15, -0.1) is 0 Å². The fourth-order valence-electron chi connectivity index (χ4n) is 4.38. The van der Waals surface area contributed by atoms with Crippen LogP contribution in [0.2, 0.25) is 0 Å². The molecule has 0 spiro atoms. The Morgan fingerprint density at radius 3 is 2.71 bits per heavy atom. The van der Waals surface area contributed by atoms with Crippen LogP contribution in [0, 0.1) is 17.2 Å². The summed E-state index contributed by atoms with van der Waals surface area (Å²) in [6, 6.07) is 5.46. The Morgan fingerprint density at radius 2 is 2.06 bits per heavy atom. The van der Waals surface area contributed by atoms with Crippen LogP contribution >= 0.6 is 0 Å². The van der Waals surface area contributed by atoms with E-state index in [9.17, 15) is 18.5 Å². The Morgan fingerprint density at radius 1 is 1.32 bits per heavy atom. The molecule has 1 unspecified atom stereocenters. The zero-order valence-electron chi connectivity index (χ0n) is 17.0. The van der Waals surface area contributed by atoms with Crippen LogP contribution in [0.3, 0.4) is 0 Å². The van der Waals surface area contributed by atoms with E-state index in [1.54, 1.807) is 23.0 Å². The van der Waals surface area contributed by atoms with Crippen LogP contribution in [0.25, 0.3) is 16.6 Å². The van der Waals surface area contributed by atoms with Crippen LogP contribution in [0.5, 0.6) is 0 Å². The summed E-state index contributed by atoms with van der Waals surface area (Å²) in [5.74, 6) is -0.0178. The van der Waals surface area contributed by atoms with Gasteiger partial charge in [-0.3, -0.25) is 14.2 Å². The molecule has 0 aliphatic heterocycles. The molecule has 3 heterocycles. The molecule has 1 fully saturated rings. The van der Waals surface area contributed by atoms with Crippen molar-refractivity contribution in [1.82, 2.24) is 19.4 Å². The van der Waals surface area contributed by atoms with Gasteiger partial charge in [0.25, 0.3) is 5.91 Å². The van der Waals surface area contributed by atoms with E-state index in [-0.39, 0.29) is 17.4 Å². The first-order chi connectivity index (χ1) is 14.8. The van der Waals surface area contributed by atoms with Crippen LogP contribution in [0.15, 0.2) is 30.7 Å². The lowest BCUT2D eigenvalue weighted by Crippen LogP contribution is -2.17. The largest absolute Gasteiger partial charge is 0.366 e. The molecule has 3 aromatic rings. The molecule has 1 saturated carbocycles. The fraction of sp³-hybridized carbons (Fsp3) is 0.400. The van der Waals surface area contributed by atoms with Gasteiger partial charge in [0, 0.05) is 17.3 Å². The topological polar surface area (TPSA) is 148 Å². The van der Waals surface area contributed by atoms with Gasteiger partial charge in [0.2, 0.25) is 10.0 Å². The maximum atomic E-state index is 12.1. The number of amides is 1. The zero-order chi connectivity index (χ0) is 22.2. The van der Waals surface area contributed by atoms with Crippen LogP contribution < -0.4 is 10.5 Å². The maximum absolute atomic E-state index is 12.1. The molecule has 0 bridgehead atoms. The zero-order valence-corrected chi connectivity index (χ0v) is 17.8. The molecule has 0 aromatic carbocycles. The first-order valence-corrected chi connectivity index (χ1v) is 11.9. The Bertz CT molecular complexity index is 1280. The smallest absolute Gasteiger partial charge is 0.251 e. The average molecular weight is 442 g/mol. The molecular weight excluding hydrogens is 418 g/mol. The minimum atomic E-state index is -3.51. The molecule has 11 heteroatoms. The summed E-state index contributed by atoms with van der Waals surface area (Å²) in [5.41, 5.74) is 7.47. The highest BCUT2D eigenvalue weighted by atomic mass is 32.2. The van der Waals surface area contributed by atoms with E-state index < -0.39 is 15.9 Å². The Balaban J connectivity index is 1.82. The standard InChI is InChI=1S/C20H23N7O3S/c1-31(29,30)25-18-7-6-17-19(15(20(22)28)11-24-27(17)18)14-10-23-26(12-14)16(8-9-21)13-4-2-3-5-13/h6-7,10-13,16,25H,2-5,8H2,1H3,(H2,22,28). The predicted molar refractivity (Wildman–Crippen MR) is 115 cm³/mol. The van der Waals surface area contributed by atoms with Gasteiger partial charge in [-0.25, -0.2) is 12.9 Å². The third kappa shape index (κ3) is 4.11. The number of carbonyl (C=O) groups is 1. The van der Waals surface area contributed by atoms with Crippen LogP contribution in [-0.2, 0) is 10.0 Å². The summed E-state index contributed by atoms with van der Waals surface area (Å²) in [4.78, 5) is 12.1. The highest BCUT2D eigenvalue weighted by Gasteiger charge is 2.28. The second-order valence-corrected chi connectivity index (χ2v) is 9.62. The molecule has 31 heavy (non-hydrogen) atoms. The molecule has 0 saturated heterocycles. The van der Waals surface area contributed by atoms with Gasteiger partial charge < -0.3 is 5.73 Å². The number of nitrogens with zero attached hydrogens (tertiary/aromatic N) is 5. The maximum Gasteiger partial charge on any atom is 0.251 e. The monoisotopic (exact) mass is 441 g/mol. The lowest BCUT2D eigenvalue weighted by atomic mass is 9.96. The highest BCUT2D eigenvalue weighted by Crippen LogP contribution is 2.37. The third-order valence-corrected chi connectivity index (χ3v) is 6.29. The summed E-state index contributed by atoms with van der Waals surface area (Å²) in [6.07, 6.45) is 10.6. The number of aromatic nitrogens is 4. The number of carbonyl (C=O) groups excluding carboxylic acids is 1. The van der Waals surface area contributed by atoms with Gasteiger partial charge in [-0.1, -0.05) is 12.8 Å². The molecule has 10 nitrogen and oxygen atoms in total. The summed E-state index contributed by atoms with van der Waals surface area (Å²) in [7, 11) is -3.51. The van der Waals surface area contributed by atoms with Crippen molar-refractivity contribution in [2.45, 2.75) is 38.1 Å². The molecule has 1 amide bonds. The summed E-state index contributed by atoms with van der Waals surface area (Å²) in [5, 5.41) is 18.0. The number of nitriles is 1. The van der Waals surface area contributed by atoms with Gasteiger partial charge in [-0.05, 0) is 30.9 Å². The number of rotatable bonds is 7. The van der Waals surface area contributed by atoms with E-state index in [0.717, 1.165) is 31.9 Å². The van der Waals surface area contributed by atoms with Crippen molar-refractivity contribution in [3.63, 3.8) is 0 Å². The van der Waals surface area contributed by atoms with E-state index in [1.165, 1.54) is 10.7 Å².